The number of ether oxygens (including phenoxy) is 3. The van der Waals surface area contributed by atoms with Crippen LogP contribution in [-0.4, -0.2) is 167 Å². The SMILES string of the molecule is CCOc1ccc(C(=O)N[C@@H]2CCCN(c3nnc(C(N)=O)c(Nc4ccc(C(=O)N5CCOCC5)cc4)n3)C2)cc1.NC(=O)c1nnc(N2CCC[C@@H](N)C2)nc1Nc1ccc(C(=O)N2CCOCC2)cc1. The number of carbonyl (C=O) groups is 5. The summed E-state index contributed by atoms with van der Waals surface area (Å²) in [6.45, 7) is 9.39. The van der Waals surface area contributed by atoms with Crippen LogP contribution in [0, 0.1) is 0 Å². The van der Waals surface area contributed by atoms with Gasteiger partial charge in [0.25, 0.3) is 29.5 Å². The number of hydrogen-bond acceptors (Lipinski definition) is 19. The summed E-state index contributed by atoms with van der Waals surface area (Å²) in [6, 6.07) is 20.8. The molecule has 2 aromatic heterocycles. The quantitative estimate of drug-likeness (QED) is 0.0928. The van der Waals surface area contributed by atoms with Crippen LogP contribution in [0.3, 0.4) is 0 Å². The molecule has 73 heavy (non-hydrogen) atoms. The van der Waals surface area contributed by atoms with Gasteiger partial charge in [0.15, 0.2) is 23.0 Å². The first-order valence-electron chi connectivity index (χ1n) is 24.3. The Morgan fingerprint density at radius 2 is 1.05 bits per heavy atom. The van der Waals surface area contributed by atoms with E-state index in [1.165, 1.54) is 0 Å². The monoisotopic (exact) mass is 1000 g/mol. The van der Waals surface area contributed by atoms with Crippen molar-refractivity contribution in [1.29, 1.82) is 0 Å². The van der Waals surface area contributed by atoms with E-state index in [0.717, 1.165) is 32.2 Å². The average Bonchev–Trinajstić information content (AvgIpc) is 3.42. The van der Waals surface area contributed by atoms with Gasteiger partial charge in [0.1, 0.15) is 5.75 Å². The van der Waals surface area contributed by atoms with Gasteiger partial charge in [0.2, 0.25) is 11.9 Å². The summed E-state index contributed by atoms with van der Waals surface area (Å²) in [5.74, 6) is -0.0174. The molecule has 0 aliphatic carbocycles. The first-order chi connectivity index (χ1) is 35.4. The molecule has 24 heteroatoms. The molecule has 0 radical (unpaired) electrons. The number of primary amides is 2. The number of anilines is 6. The van der Waals surface area contributed by atoms with Crippen molar-refractivity contribution < 1.29 is 38.2 Å². The highest BCUT2D eigenvalue weighted by molar-refractivity contribution is 5.98. The van der Waals surface area contributed by atoms with Crippen LogP contribution in [0.25, 0.3) is 0 Å². The van der Waals surface area contributed by atoms with Gasteiger partial charge in [-0.1, -0.05) is 0 Å². The second-order valence-electron chi connectivity index (χ2n) is 17.6. The minimum Gasteiger partial charge on any atom is -0.494 e. The Morgan fingerprint density at radius 3 is 1.51 bits per heavy atom. The van der Waals surface area contributed by atoms with Gasteiger partial charge in [-0.3, -0.25) is 24.0 Å². The normalized spacial score (nSPS) is 17.9. The predicted molar refractivity (Wildman–Crippen MR) is 269 cm³/mol. The second-order valence-corrected chi connectivity index (χ2v) is 17.6. The van der Waals surface area contributed by atoms with Crippen molar-refractivity contribution in [2.75, 3.05) is 106 Å². The molecular formula is C49H60N16O8. The van der Waals surface area contributed by atoms with Crippen molar-refractivity contribution in [1.82, 2.24) is 45.5 Å². The van der Waals surface area contributed by atoms with E-state index in [9.17, 15) is 24.0 Å². The van der Waals surface area contributed by atoms with Gasteiger partial charge in [-0.15, -0.1) is 20.4 Å². The number of amides is 5. The molecule has 9 rings (SSSR count). The predicted octanol–water partition coefficient (Wildman–Crippen LogP) is 2.10. The summed E-state index contributed by atoms with van der Waals surface area (Å²) in [7, 11) is 0. The Morgan fingerprint density at radius 1 is 0.603 bits per heavy atom. The highest BCUT2D eigenvalue weighted by Crippen LogP contribution is 2.25. The van der Waals surface area contributed by atoms with Crippen molar-refractivity contribution in [2.24, 2.45) is 17.2 Å². The molecule has 384 valence electrons. The maximum Gasteiger partial charge on any atom is 0.273 e. The fraction of sp³-hybridized carbons (Fsp3) is 0.408. The van der Waals surface area contributed by atoms with E-state index in [2.05, 4.69) is 46.3 Å². The largest absolute Gasteiger partial charge is 0.494 e. The first kappa shape index (κ1) is 51.3. The lowest BCUT2D eigenvalue weighted by molar-refractivity contribution is 0.0301. The number of piperidine rings is 2. The molecule has 4 aliphatic rings. The summed E-state index contributed by atoms with van der Waals surface area (Å²) in [5, 5.41) is 25.5. The van der Waals surface area contributed by atoms with Gasteiger partial charge in [-0.2, -0.15) is 9.97 Å². The van der Waals surface area contributed by atoms with Crippen LogP contribution in [-0.2, 0) is 9.47 Å². The van der Waals surface area contributed by atoms with Crippen LogP contribution in [0.4, 0.5) is 34.9 Å². The third kappa shape index (κ3) is 13.5. The summed E-state index contributed by atoms with van der Waals surface area (Å²) in [4.78, 5) is 78.6. The molecule has 5 amide bonds. The number of nitrogens with one attached hydrogen (secondary N) is 3. The van der Waals surface area contributed by atoms with E-state index in [4.69, 9.17) is 31.4 Å². The summed E-state index contributed by atoms with van der Waals surface area (Å²) in [5.41, 5.74) is 19.8. The number of nitrogens with two attached hydrogens (primary N) is 3. The molecule has 0 spiro atoms. The highest BCUT2D eigenvalue weighted by Gasteiger charge is 2.27. The molecule has 0 saturated carbocycles. The Bertz CT molecular complexity index is 2720. The van der Waals surface area contributed by atoms with Crippen molar-refractivity contribution >= 4 is 64.4 Å². The number of aromatic nitrogens is 6. The van der Waals surface area contributed by atoms with E-state index in [0.29, 0.717) is 125 Å². The van der Waals surface area contributed by atoms with Crippen molar-refractivity contribution in [3.05, 3.63) is 101 Å². The van der Waals surface area contributed by atoms with Crippen LogP contribution < -0.4 is 47.7 Å². The summed E-state index contributed by atoms with van der Waals surface area (Å²) < 4.78 is 16.1. The van der Waals surface area contributed by atoms with Crippen LogP contribution >= 0.6 is 0 Å². The van der Waals surface area contributed by atoms with Gasteiger partial charge in [-0.25, -0.2) is 0 Å². The minimum absolute atomic E-state index is 0.0416. The number of benzene rings is 3. The zero-order chi connectivity index (χ0) is 51.3. The zero-order valence-electron chi connectivity index (χ0n) is 40.6. The van der Waals surface area contributed by atoms with Gasteiger partial charge in [0.05, 0.1) is 33.0 Å². The molecule has 2 atom stereocenters. The lowest BCUT2D eigenvalue weighted by Gasteiger charge is -2.33. The third-order valence-electron chi connectivity index (χ3n) is 12.4. The number of morpholine rings is 2. The molecule has 6 heterocycles. The molecule has 24 nitrogen and oxygen atoms in total. The highest BCUT2D eigenvalue weighted by atomic mass is 16.5. The Balaban J connectivity index is 0.000000204. The smallest absolute Gasteiger partial charge is 0.273 e. The van der Waals surface area contributed by atoms with E-state index >= 15 is 0 Å². The van der Waals surface area contributed by atoms with E-state index < -0.39 is 11.8 Å². The van der Waals surface area contributed by atoms with Crippen molar-refractivity contribution in [3.63, 3.8) is 0 Å². The Labute approximate surface area is 421 Å². The number of carbonyl (C=O) groups excluding carboxylic acids is 5. The van der Waals surface area contributed by atoms with Gasteiger partial charge >= 0.3 is 0 Å². The first-order valence-corrected chi connectivity index (χ1v) is 24.3. The van der Waals surface area contributed by atoms with E-state index in [1.54, 1.807) is 82.6 Å². The van der Waals surface area contributed by atoms with Crippen LogP contribution in [0.2, 0.25) is 0 Å². The molecule has 4 aliphatic heterocycles. The molecule has 5 aromatic rings. The zero-order valence-corrected chi connectivity index (χ0v) is 40.6. The maximum atomic E-state index is 12.9. The molecule has 9 N–H and O–H groups in total. The molecular weight excluding hydrogens is 941 g/mol. The Hall–Kier alpha value is -8.09. The standard InChI is InChI=1S/C29H34N8O5.C20H26N8O3/c1-2-42-23-11-7-19(8-12-23)27(39)32-22-4-3-13-37(18-22)29-33-26(24(25(30)38)34-35-29)31-21-9-5-20(6-10-21)28(40)36-14-16-41-17-15-36;21-14-2-1-7-28(12-14)20-24-18(16(17(22)29)25-26-20)23-15-5-3-13(4-6-15)19(30)27-8-10-31-11-9-27/h5-12,22H,2-4,13-18H2,1H3,(H2,30,38)(H,32,39)(H,31,33,35);3-6,14H,1-2,7-12,21H2,(H2,22,29)(H,23,24,26)/t22-;14-/m11/s1. The second kappa shape index (κ2) is 24.4. The van der Waals surface area contributed by atoms with Crippen molar-refractivity contribution in [2.45, 2.75) is 44.7 Å². The molecule has 4 fully saturated rings. The fourth-order valence-corrected chi connectivity index (χ4v) is 8.58. The van der Waals surface area contributed by atoms with E-state index in [1.807, 2.05) is 16.7 Å². The minimum atomic E-state index is -0.776. The average molecular weight is 1000 g/mol. The number of hydrogen-bond donors (Lipinski definition) is 6. The lowest BCUT2D eigenvalue weighted by Crippen LogP contribution is -2.48. The van der Waals surface area contributed by atoms with Crippen LogP contribution in [0.15, 0.2) is 72.8 Å². The maximum absolute atomic E-state index is 12.9. The molecule has 0 unspecified atom stereocenters. The number of rotatable bonds is 14. The third-order valence-corrected chi connectivity index (χ3v) is 12.4. The van der Waals surface area contributed by atoms with Gasteiger partial charge < -0.3 is 67.0 Å². The van der Waals surface area contributed by atoms with Crippen LogP contribution in [0.5, 0.6) is 5.75 Å². The number of nitrogens with zero attached hydrogens (tertiary/aromatic N) is 10. The van der Waals surface area contributed by atoms with Crippen LogP contribution in [0.1, 0.15) is 84.7 Å². The lowest BCUT2D eigenvalue weighted by atomic mass is 10.1. The Kier molecular flexibility index (Phi) is 17.1. The van der Waals surface area contributed by atoms with Crippen molar-refractivity contribution in [3.8, 4) is 5.75 Å². The fourth-order valence-electron chi connectivity index (χ4n) is 8.58. The molecule has 4 saturated heterocycles. The summed E-state index contributed by atoms with van der Waals surface area (Å²) >= 11 is 0. The topological polar surface area (TPSA) is 317 Å². The molecule has 0 bridgehead atoms. The summed E-state index contributed by atoms with van der Waals surface area (Å²) in [6.07, 6.45) is 3.48. The molecule has 3 aromatic carbocycles. The van der Waals surface area contributed by atoms with Gasteiger partial charge in [-0.05, 0) is 105 Å². The van der Waals surface area contributed by atoms with E-state index in [-0.39, 0.29) is 52.8 Å². The van der Waals surface area contributed by atoms with Gasteiger partial charge in [0, 0.05) is 92.5 Å².